The third-order valence-electron chi connectivity index (χ3n) is 4.95. The monoisotopic (exact) mass is 410 g/mol. The second-order valence-electron chi connectivity index (χ2n) is 6.33. The third kappa shape index (κ3) is 6.26. The first-order valence-electron chi connectivity index (χ1n) is 8.42. The molecule has 2 atom stereocenters. The van der Waals surface area contributed by atoms with Gasteiger partial charge in [-0.2, -0.15) is 0 Å². The first-order chi connectivity index (χ1) is 10.8. The summed E-state index contributed by atoms with van der Waals surface area (Å²) < 4.78 is 0. The Morgan fingerprint density at radius 1 is 1.20 bits per heavy atom. The zero-order valence-electron chi connectivity index (χ0n) is 14.6. The van der Waals surface area contributed by atoms with E-state index < -0.39 is 0 Å². The number of amides is 1. The summed E-state index contributed by atoms with van der Waals surface area (Å²) in [6.45, 7) is 6.75. The van der Waals surface area contributed by atoms with Crippen molar-refractivity contribution in [2.45, 2.75) is 38.3 Å². The van der Waals surface area contributed by atoms with E-state index >= 15 is 0 Å². The predicted molar refractivity (Wildman–Crippen MR) is 108 cm³/mol. The lowest BCUT2D eigenvalue weighted by molar-refractivity contribution is -0.136. The zero-order chi connectivity index (χ0) is 15.4. The number of carbonyl (C=O) groups excluding carboxylic acids is 1. The molecule has 5 nitrogen and oxygen atoms in total. The van der Waals surface area contributed by atoms with Crippen LogP contribution in [0.2, 0.25) is 0 Å². The van der Waals surface area contributed by atoms with Crippen molar-refractivity contribution in [2.24, 2.45) is 0 Å². The molecule has 1 amide bonds. The Balaban J connectivity index is 0.00000192. The van der Waals surface area contributed by atoms with Crippen LogP contribution in [0.1, 0.15) is 37.8 Å². The fourth-order valence-corrected chi connectivity index (χ4v) is 3.45. The lowest BCUT2D eigenvalue weighted by Gasteiger charge is -2.39. The quantitative estimate of drug-likeness (QED) is 0.831. The molecule has 0 bridgehead atoms. The summed E-state index contributed by atoms with van der Waals surface area (Å²) in [5.41, 5.74) is 1.25. The van der Waals surface area contributed by atoms with Crippen LogP contribution >= 0.6 is 37.2 Å². The van der Waals surface area contributed by atoms with E-state index in [1.165, 1.54) is 18.4 Å². The van der Waals surface area contributed by atoms with Crippen LogP contribution in [0.3, 0.4) is 0 Å². The standard InChI is InChI=1S/C17H26N4O.3ClH/c1-14(15-5-4-7-18-13-15)20-9-11-21(12-10-20)17(22)16-6-2-3-8-19-16;;;/h4-5,7,13-14,16,19H,2-3,6,8-12H2,1H3;3*1H/t14?,16-;;;/m1.../s1. The number of nitrogens with zero attached hydrogens (tertiary/aromatic N) is 3. The molecule has 1 N–H and O–H groups in total. The molecule has 2 saturated heterocycles. The summed E-state index contributed by atoms with van der Waals surface area (Å²) in [6, 6.07) is 4.52. The molecule has 0 aromatic carbocycles. The second-order valence-corrected chi connectivity index (χ2v) is 6.33. The maximum atomic E-state index is 12.5. The smallest absolute Gasteiger partial charge is 0.239 e. The molecule has 0 aliphatic carbocycles. The highest BCUT2D eigenvalue weighted by molar-refractivity contribution is 5.86. The summed E-state index contributed by atoms with van der Waals surface area (Å²) in [6.07, 6.45) is 7.10. The number of halogens is 3. The van der Waals surface area contributed by atoms with Crippen LogP contribution in [0, 0.1) is 0 Å². The summed E-state index contributed by atoms with van der Waals surface area (Å²) >= 11 is 0. The van der Waals surface area contributed by atoms with E-state index in [1.807, 2.05) is 23.4 Å². The van der Waals surface area contributed by atoms with E-state index in [0.717, 1.165) is 39.1 Å². The van der Waals surface area contributed by atoms with Crippen molar-refractivity contribution in [1.82, 2.24) is 20.1 Å². The van der Waals surface area contributed by atoms with Crippen LogP contribution in [0.5, 0.6) is 0 Å². The van der Waals surface area contributed by atoms with E-state index in [0.29, 0.717) is 11.9 Å². The van der Waals surface area contributed by atoms with Crippen molar-refractivity contribution in [2.75, 3.05) is 32.7 Å². The van der Waals surface area contributed by atoms with Crippen LogP contribution in [0.4, 0.5) is 0 Å². The first-order valence-corrected chi connectivity index (χ1v) is 8.42. The number of hydrogen-bond acceptors (Lipinski definition) is 4. The average molecular weight is 412 g/mol. The highest BCUT2D eigenvalue weighted by atomic mass is 35.5. The Morgan fingerprint density at radius 3 is 2.48 bits per heavy atom. The van der Waals surface area contributed by atoms with Gasteiger partial charge in [0.05, 0.1) is 6.04 Å². The average Bonchev–Trinajstić information content (AvgIpc) is 2.62. The molecule has 0 saturated carbocycles. The molecule has 1 aromatic rings. The lowest BCUT2D eigenvalue weighted by atomic mass is 10.0. The number of nitrogens with one attached hydrogen (secondary N) is 1. The molecule has 0 spiro atoms. The van der Waals surface area contributed by atoms with Gasteiger partial charge >= 0.3 is 0 Å². The van der Waals surface area contributed by atoms with Crippen LogP contribution < -0.4 is 5.32 Å². The highest BCUT2D eigenvalue weighted by Gasteiger charge is 2.29. The lowest BCUT2D eigenvalue weighted by Crippen LogP contribution is -2.55. The van der Waals surface area contributed by atoms with Crippen LogP contribution in [0.25, 0.3) is 0 Å². The SMILES string of the molecule is CC(c1cccnc1)N1CCN(C(=O)[C@H]2CCCCN2)CC1.Cl.Cl.Cl. The fraction of sp³-hybridized carbons (Fsp3) is 0.647. The molecule has 8 heteroatoms. The molecule has 3 rings (SSSR count). The Morgan fingerprint density at radius 2 is 1.92 bits per heavy atom. The van der Waals surface area contributed by atoms with Crippen LogP contribution in [-0.4, -0.2) is 59.5 Å². The van der Waals surface area contributed by atoms with Gasteiger partial charge in [0.2, 0.25) is 5.91 Å². The van der Waals surface area contributed by atoms with E-state index in [9.17, 15) is 4.79 Å². The molecule has 2 aliphatic heterocycles. The maximum Gasteiger partial charge on any atom is 0.239 e. The zero-order valence-corrected chi connectivity index (χ0v) is 17.0. The van der Waals surface area contributed by atoms with Crippen LogP contribution in [0.15, 0.2) is 24.5 Å². The predicted octanol–water partition coefficient (Wildman–Crippen LogP) is 2.69. The summed E-state index contributed by atoms with van der Waals surface area (Å²) in [5.74, 6) is 0.299. The van der Waals surface area contributed by atoms with E-state index in [2.05, 4.69) is 28.2 Å². The van der Waals surface area contributed by atoms with Gasteiger partial charge in [-0.15, -0.1) is 37.2 Å². The first kappa shape index (κ1) is 24.4. The van der Waals surface area contributed by atoms with Gasteiger partial charge in [-0.1, -0.05) is 12.5 Å². The van der Waals surface area contributed by atoms with Gasteiger partial charge in [-0.25, -0.2) is 0 Å². The van der Waals surface area contributed by atoms with Crippen molar-refractivity contribution in [3.05, 3.63) is 30.1 Å². The Hall–Kier alpha value is -0.590. The maximum absolute atomic E-state index is 12.5. The Labute approximate surface area is 169 Å². The molecule has 2 aliphatic rings. The minimum absolute atomic E-state index is 0. The molecule has 144 valence electrons. The molecule has 1 unspecified atom stereocenters. The number of piperazine rings is 1. The van der Waals surface area contributed by atoms with Crippen molar-refractivity contribution >= 4 is 43.1 Å². The van der Waals surface area contributed by atoms with Crippen LogP contribution in [-0.2, 0) is 4.79 Å². The number of pyridine rings is 1. The fourth-order valence-electron chi connectivity index (χ4n) is 3.45. The third-order valence-corrected chi connectivity index (χ3v) is 4.95. The van der Waals surface area contributed by atoms with Gasteiger partial charge in [-0.05, 0) is 37.9 Å². The van der Waals surface area contributed by atoms with Gasteiger partial charge in [0.15, 0.2) is 0 Å². The van der Waals surface area contributed by atoms with Crippen molar-refractivity contribution < 1.29 is 4.79 Å². The second kappa shape index (κ2) is 11.9. The van der Waals surface area contributed by atoms with E-state index in [1.54, 1.807) is 0 Å². The topological polar surface area (TPSA) is 48.5 Å². The van der Waals surface area contributed by atoms with Crippen molar-refractivity contribution in [1.29, 1.82) is 0 Å². The molecule has 25 heavy (non-hydrogen) atoms. The van der Waals surface area contributed by atoms with Gasteiger partial charge in [0, 0.05) is 44.6 Å². The van der Waals surface area contributed by atoms with Gasteiger partial charge < -0.3 is 10.2 Å². The summed E-state index contributed by atoms with van der Waals surface area (Å²) in [7, 11) is 0. The summed E-state index contributed by atoms with van der Waals surface area (Å²) in [5, 5.41) is 3.36. The summed E-state index contributed by atoms with van der Waals surface area (Å²) in [4.78, 5) is 21.2. The largest absolute Gasteiger partial charge is 0.339 e. The molecule has 3 heterocycles. The normalized spacial score (nSPS) is 22.0. The Kier molecular flexibility index (Phi) is 11.6. The molecular formula is C17H29Cl3N4O. The Bertz CT molecular complexity index is 492. The van der Waals surface area contributed by atoms with E-state index in [4.69, 9.17) is 0 Å². The number of piperidine rings is 1. The molecular weight excluding hydrogens is 383 g/mol. The molecule has 2 fully saturated rings. The minimum Gasteiger partial charge on any atom is -0.339 e. The number of rotatable bonds is 3. The van der Waals surface area contributed by atoms with Gasteiger partial charge in [0.25, 0.3) is 0 Å². The molecule has 1 aromatic heterocycles. The van der Waals surface area contributed by atoms with Crippen molar-refractivity contribution in [3.63, 3.8) is 0 Å². The molecule has 0 radical (unpaired) electrons. The number of aromatic nitrogens is 1. The minimum atomic E-state index is 0. The van der Waals surface area contributed by atoms with Crippen molar-refractivity contribution in [3.8, 4) is 0 Å². The van der Waals surface area contributed by atoms with Gasteiger partial charge in [0.1, 0.15) is 0 Å². The highest BCUT2D eigenvalue weighted by Crippen LogP contribution is 2.21. The number of carbonyl (C=O) groups is 1. The number of hydrogen-bond donors (Lipinski definition) is 1. The van der Waals surface area contributed by atoms with E-state index in [-0.39, 0.29) is 43.3 Å². The van der Waals surface area contributed by atoms with Gasteiger partial charge in [-0.3, -0.25) is 14.7 Å².